The van der Waals surface area contributed by atoms with E-state index in [2.05, 4.69) is 39.5 Å². The van der Waals surface area contributed by atoms with Gasteiger partial charge < -0.3 is 10.2 Å². The summed E-state index contributed by atoms with van der Waals surface area (Å²) < 4.78 is 24.9. The van der Waals surface area contributed by atoms with E-state index < -0.39 is 9.84 Å². The van der Waals surface area contributed by atoms with Crippen LogP contribution in [0.1, 0.15) is 13.3 Å². The largest absolute Gasteiger partial charge is 0.357 e. The van der Waals surface area contributed by atoms with Gasteiger partial charge in [0, 0.05) is 30.3 Å². The summed E-state index contributed by atoms with van der Waals surface area (Å²) in [6.45, 7) is 4.98. The summed E-state index contributed by atoms with van der Waals surface area (Å²) >= 11 is 1.90. The van der Waals surface area contributed by atoms with Crippen LogP contribution in [0.3, 0.4) is 0 Å². The van der Waals surface area contributed by atoms with Crippen molar-refractivity contribution in [3.63, 3.8) is 0 Å². The number of thioether (sulfide) groups is 1. The molecule has 0 saturated carbocycles. The number of benzene rings is 2. The summed E-state index contributed by atoms with van der Waals surface area (Å²) in [5.41, 5.74) is 0. The van der Waals surface area contributed by atoms with E-state index in [1.165, 1.54) is 4.90 Å². The maximum atomic E-state index is 12.5. The van der Waals surface area contributed by atoms with Gasteiger partial charge in [0.25, 0.3) is 0 Å². The minimum atomic E-state index is -3.30. The first-order chi connectivity index (χ1) is 14.1. The molecule has 1 fully saturated rings. The Labute approximate surface area is 178 Å². The average Bonchev–Trinajstić information content (AvgIpc) is 3.22. The van der Waals surface area contributed by atoms with Crippen molar-refractivity contribution in [3.8, 4) is 0 Å². The molecule has 0 aliphatic carbocycles. The van der Waals surface area contributed by atoms with Crippen molar-refractivity contribution in [1.29, 1.82) is 0 Å². The molecular weight excluding hydrogens is 402 g/mol. The zero-order valence-electron chi connectivity index (χ0n) is 16.8. The Bertz CT molecular complexity index is 887. The number of rotatable bonds is 8. The summed E-state index contributed by atoms with van der Waals surface area (Å²) in [6, 6.07) is 19.1. The SMILES string of the molecule is CCNC(=NCCS(=O)(=O)c1ccccc1)N1CCC(CSc2ccccc2)C1. The van der Waals surface area contributed by atoms with Crippen LogP contribution in [0.2, 0.25) is 0 Å². The molecule has 5 nitrogen and oxygen atoms in total. The molecule has 1 aliphatic heterocycles. The van der Waals surface area contributed by atoms with Crippen molar-refractivity contribution in [3.05, 3.63) is 60.7 Å². The van der Waals surface area contributed by atoms with E-state index in [-0.39, 0.29) is 12.3 Å². The van der Waals surface area contributed by atoms with Crippen LogP contribution in [0.15, 0.2) is 75.4 Å². The average molecular weight is 432 g/mol. The second-order valence-electron chi connectivity index (χ2n) is 7.09. The normalized spacial score (nSPS) is 17.5. The van der Waals surface area contributed by atoms with Crippen molar-refractivity contribution in [2.75, 3.05) is 37.7 Å². The van der Waals surface area contributed by atoms with Crippen LogP contribution in [-0.2, 0) is 9.84 Å². The van der Waals surface area contributed by atoms with Gasteiger partial charge in [-0.15, -0.1) is 11.8 Å². The fourth-order valence-electron chi connectivity index (χ4n) is 3.34. The molecule has 1 atom stereocenters. The molecule has 2 aromatic rings. The molecule has 156 valence electrons. The molecule has 0 spiro atoms. The van der Waals surface area contributed by atoms with Crippen LogP contribution >= 0.6 is 11.8 Å². The third kappa shape index (κ3) is 6.51. The van der Waals surface area contributed by atoms with Crippen molar-refractivity contribution < 1.29 is 8.42 Å². The van der Waals surface area contributed by atoms with Gasteiger partial charge in [-0.2, -0.15) is 0 Å². The molecule has 0 radical (unpaired) electrons. The number of hydrogen-bond acceptors (Lipinski definition) is 4. The Morgan fingerprint density at radius 1 is 1.14 bits per heavy atom. The lowest BCUT2D eigenvalue weighted by molar-refractivity contribution is 0.475. The molecule has 1 aliphatic rings. The van der Waals surface area contributed by atoms with Crippen LogP contribution in [0.5, 0.6) is 0 Å². The third-order valence-electron chi connectivity index (χ3n) is 4.87. The first-order valence-corrected chi connectivity index (χ1v) is 12.7. The van der Waals surface area contributed by atoms with E-state index in [0.717, 1.165) is 37.8 Å². The van der Waals surface area contributed by atoms with Crippen molar-refractivity contribution in [2.45, 2.75) is 23.1 Å². The number of nitrogens with one attached hydrogen (secondary N) is 1. The topological polar surface area (TPSA) is 61.8 Å². The lowest BCUT2D eigenvalue weighted by atomic mass is 10.2. The maximum absolute atomic E-state index is 12.5. The monoisotopic (exact) mass is 431 g/mol. The molecule has 1 heterocycles. The standard InChI is InChI=1S/C22H29N3O2S2/c1-2-23-22(24-14-16-29(26,27)21-11-7-4-8-12-21)25-15-13-19(17-25)18-28-20-9-5-3-6-10-20/h3-12,19H,2,13-18H2,1H3,(H,23,24). The Morgan fingerprint density at radius 3 is 2.52 bits per heavy atom. The predicted octanol–water partition coefficient (Wildman–Crippen LogP) is 3.54. The number of nitrogens with zero attached hydrogens (tertiary/aromatic N) is 2. The highest BCUT2D eigenvalue weighted by atomic mass is 32.2. The minimum absolute atomic E-state index is 0.0209. The fourth-order valence-corrected chi connectivity index (χ4v) is 5.52. The van der Waals surface area contributed by atoms with E-state index in [4.69, 9.17) is 0 Å². The highest BCUT2D eigenvalue weighted by Crippen LogP contribution is 2.25. The summed E-state index contributed by atoms with van der Waals surface area (Å²) in [5.74, 6) is 2.54. The molecule has 7 heteroatoms. The van der Waals surface area contributed by atoms with Gasteiger partial charge in [-0.25, -0.2) is 8.42 Å². The van der Waals surface area contributed by atoms with E-state index >= 15 is 0 Å². The van der Waals surface area contributed by atoms with Gasteiger partial charge in [0.15, 0.2) is 15.8 Å². The number of hydrogen-bond donors (Lipinski definition) is 1. The highest BCUT2D eigenvalue weighted by molar-refractivity contribution is 7.99. The van der Waals surface area contributed by atoms with Gasteiger partial charge in [-0.1, -0.05) is 36.4 Å². The minimum Gasteiger partial charge on any atom is -0.357 e. The van der Waals surface area contributed by atoms with Gasteiger partial charge >= 0.3 is 0 Å². The Hall–Kier alpha value is -1.99. The first kappa shape index (κ1) is 21.7. The molecule has 1 saturated heterocycles. The van der Waals surface area contributed by atoms with Crippen LogP contribution in [0, 0.1) is 5.92 Å². The first-order valence-electron chi connectivity index (χ1n) is 10.1. The lowest BCUT2D eigenvalue weighted by Crippen LogP contribution is -2.40. The smallest absolute Gasteiger partial charge is 0.193 e. The summed E-state index contributed by atoms with van der Waals surface area (Å²) in [7, 11) is -3.30. The maximum Gasteiger partial charge on any atom is 0.193 e. The molecule has 29 heavy (non-hydrogen) atoms. The summed E-state index contributed by atoms with van der Waals surface area (Å²) in [4.78, 5) is 8.53. The van der Waals surface area contributed by atoms with E-state index in [0.29, 0.717) is 10.8 Å². The van der Waals surface area contributed by atoms with Gasteiger partial charge in [0.1, 0.15) is 0 Å². The van der Waals surface area contributed by atoms with Crippen molar-refractivity contribution >= 4 is 27.6 Å². The van der Waals surface area contributed by atoms with Gasteiger partial charge in [0.05, 0.1) is 17.2 Å². The van der Waals surface area contributed by atoms with Gasteiger partial charge in [0.2, 0.25) is 0 Å². The summed E-state index contributed by atoms with van der Waals surface area (Å²) in [6.07, 6.45) is 1.13. The molecule has 1 N–H and O–H groups in total. The number of sulfone groups is 1. The summed E-state index contributed by atoms with van der Waals surface area (Å²) in [5, 5.41) is 3.32. The second kappa shape index (κ2) is 10.7. The lowest BCUT2D eigenvalue weighted by Gasteiger charge is -2.21. The zero-order chi connectivity index (χ0) is 20.5. The molecule has 2 aromatic carbocycles. The quantitative estimate of drug-likeness (QED) is 0.394. The van der Waals surface area contributed by atoms with Gasteiger partial charge in [-0.3, -0.25) is 4.99 Å². The third-order valence-corrected chi connectivity index (χ3v) is 7.83. The predicted molar refractivity (Wildman–Crippen MR) is 121 cm³/mol. The second-order valence-corrected chi connectivity index (χ2v) is 10.3. The van der Waals surface area contributed by atoms with Crippen LogP contribution < -0.4 is 5.32 Å². The molecule has 1 unspecified atom stereocenters. The zero-order valence-corrected chi connectivity index (χ0v) is 18.5. The molecule has 0 bridgehead atoms. The van der Waals surface area contributed by atoms with Gasteiger partial charge in [-0.05, 0) is 43.5 Å². The number of guanidine groups is 1. The van der Waals surface area contributed by atoms with E-state index in [1.807, 2.05) is 30.8 Å². The van der Waals surface area contributed by atoms with Crippen molar-refractivity contribution in [2.24, 2.45) is 10.9 Å². The Kier molecular flexibility index (Phi) is 8.00. The Balaban J connectivity index is 1.54. The number of likely N-dealkylation sites (tertiary alicyclic amines) is 1. The van der Waals surface area contributed by atoms with Crippen molar-refractivity contribution in [1.82, 2.24) is 10.2 Å². The molecule has 3 rings (SSSR count). The van der Waals surface area contributed by atoms with E-state index in [1.54, 1.807) is 24.3 Å². The Morgan fingerprint density at radius 2 is 1.83 bits per heavy atom. The molecular formula is C22H29N3O2S2. The van der Waals surface area contributed by atoms with Crippen LogP contribution in [0.4, 0.5) is 0 Å². The van der Waals surface area contributed by atoms with E-state index in [9.17, 15) is 8.42 Å². The fraction of sp³-hybridized carbons (Fsp3) is 0.409. The number of aliphatic imine (C=N–C) groups is 1. The van der Waals surface area contributed by atoms with Crippen LogP contribution in [-0.4, -0.2) is 57.0 Å². The van der Waals surface area contributed by atoms with Crippen LogP contribution in [0.25, 0.3) is 0 Å². The molecule has 0 aromatic heterocycles. The molecule has 0 amide bonds. The highest BCUT2D eigenvalue weighted by Gasteiger charge is 2.25.